The van der Waals surface area contributed by atoms with Gasteiger partial charge in [-0.1, -0.05) is 0 Å². The fraction of sp³-hybridized carbons (Fsp3) is 0.417. The Morgan fingerprint density at radius 1 is 1.25 bits per heavy atom. The molecule has 3 N–H and O–H groups in total. The number of anilines is 1. The topological polar surface area (TPSA) is 100 Å². The van der Waals surface area contributed by atoms with E-state index in [-0.39, 0.29) is 6.61 Å². The summed E-state index contributed by atoms with van der Waals surface area (Å²) in [6.07, 6.45) is 1.60. The number of aliphatic hydroxyl groups excluding tert-OH is 2. The van der Waals surface area contributed by atoms with Gasteiger partial charge in [-0.25, -0.2) is 0 Å². The molecule has 3 atom stereocenters. The van der Waals surface area contributed by atoms with Crippen LogP contribution in [0.4, 0.5) is 5.13 Å². The number of ether oxygens (including phenoxy) is 1. The molecule has 7 nitrogen and oxygen atoms in total. The van der Waals surface area contributed by atoms with E-state index in [0.29, 0.717) is 17.6 Å². The quantitative estimate of drug-likeness (QED) is 0.740. The van der Waals surface area contributed by atoms with E-state index in [1.807, 2.05) is 12.1 Å². The predicted molar refractivity (Wildman–Crippen MR) is 73.4 cm³/mol. The molecule has 0 spiro atoms. The molecule has 3 rings (SSSR count). The summed E-state index contributed by atoms with van der Waals surface area (Å²) in [6.45, 7) is 0.472. The Morgan fingerprint density at radius 2 is 2.05 bits per heavy atom. The molecular weight excluding hydrogens is 280 g/mol. The molecule has 20 heavy (non-hydrogen) atoms. The van der Waals surface area contributed by atoms with Crippen molar-refractivity contribution >= 4 is 16.7 Å². The van der Waals surface area contributed by atoms with Gasteiger partial charge in [-0.05, 0) is 12.1 Å². The monoisotopic (exact) mass is 294 g/mol. The van der Waals surface area contributed by atoms with Crippen LogP contribution in [-0.4, -0.2) is 56.0 Å². The Hall–Kier alpha value is -1.61. The maximum atomic E-state index is 9.88. The molecule has 2 aromatic heterocycles. The smallest absolute Gasteiger partial charge is 0.203 e. The van der Waals surface area contributed by atoms with Crippen molar-refractivity contribution in [2.24, 2.45) is 0 Å². The Labute approximate surface area is 119 Å². The van der Waals surface area contributed by atoms with Crippen molar-refractivity contribution in [3.05, 3.63) is 24.5 Å². The first-order valence-electron chi connectivity index (χ1n) is 6.18. The Kier molecular flexibility index (Phi) is 3.88. The number of nitrogens with one attached hydrogen (secondary N) is 1. The van der Waals surface area contributed by atoms with Crippen LogP contribution in [0.5, 0.6) is 0 Å². The highest BCUT2D eigenvalue weighted by molar-refractivity contribution is 7.09. The normalized spacial score (nSPS) is 26.4. The summed E-state index contributed by atoms with van der Waals surface area (Å²) in [5, 5.41) is 23.1. The molecule has 0 aliphatic carbocycles. The van der Waals surface area contributed by atoms with E-state index in [9.17, 15) is 10.2 Å². The van der Waals surface area contributed by atoms with E-state index in [4.69, 9.17) is 4.74 Å². The zero-order valence-corrected chi connectivity index (χ0v) is 11.3. The molecule has 2 aromatic rings. The zero-order chi connectivity index (χ0) is 13.9. The third-order valence-corrected chi connectivity index (χ3v) is 3.71. The molecule has 0 radical (unpaired) electrons. The van der Waals surface area contributed by atoms with Crippen LogP contribution in [0.25, 0.3) is 11.4 Å². The summed E-state index contributed by atoms with van der Waals surface area (Å²) in [5.41, 5.74) is 0.879. The Morgan fingerprint density at radius 3 is 2.85 bits per heavy atom. The highest BCUT2D eigenvalue weighted by Gasteiger charge is 2.31. The average Bonchev–Trinajstić information content (AvgIpc) is 2.93. The fourth-order valence-corrected chi connectivity index (χ4v) is 2.62. The second kappa shape index (κ2) is 5.80. The summed E-state index contributed by atoms with van der Waals surface area (Å²) in [7, 11) is 0. The lowest BCUT2D eigenvalue weighted by atomic mass is 10.0. The van der Waals surface area contributed by atoms with Crippen molar-refractivity contribution in [1.82, 2.24) is 14.3 Å². The summed E-state index contributed by atoms with van der Waals surface area (Å²) in [4.78, 5) is 8.30. The van der Waals surface area contributed by atoms with Crippen molar-refractivity contribution in [3.63, 3.8) is 0 Å². The highest BCUT2D eigenvalue weighted by Crippen LogP contribution is 2.22. The molecular formula is C12H14N4O3S. The van der Waals surface area contributed by atoms with Crippen LogP contribution in [-0.2, 0) is 4.74 Å². The lowest BCUT2D eigenvalue weighted by Gasteiger charge is -2.31. The highest BCUT2D eigenvalue weighted by atomic mass is 32.1. The number of aromatic nitrogens is 3. The predicted octanol–water partition coefficient (Wildman–Crippen LogP) is 0.133. The molecule has 1 saturated heterocycles. The first-order chi connectivity index (χ1) is 9.74. The van der Waals surface area contributed by atoms with Gasteiger partial charge >= 0.3 is 0 Å². The van der Waals surface area contributed by atoms with Gasteiger partial charge in [-0.2, -0.15) is 9.36 Å². The van der Waals surface area contributed by atoms with Crippen LogP contribution < -0.4 is 5.32 Å². The van der Waals surface area contributed by atoms with E-state index in [2.05, 4.69) is 19.7 Å². The third-order valence-electron chi connectivity index (χ3n) is 3.07. The first kappa shape index (κ1) is 13.4. The average molecular weight is 294 g/mol. The van der Waals surface area contributed by atoms with E-state index < -0.39 is 18.2 Å². The van der Waals surface area contributed by atoms with Crippen LogP contribution in [0, 0.1) is 0 Å². The van der Waals surface area contributed by atoms with Gasteiger partial charge in [-0.15, -0.1) is 0 Å². The van der Waals surface area contributed by atoms with Gasteiger partial charge in [-0.3, -0.25) is 4.98 Å². The minimum Gasteiger partial charge on any atom is -0.388 e. The maximum Gasteiger partial charge on any atom is 0.203 e. The molecule has 8 heteroatoms. The second-order valence-electron chi connectivity index (χ2n) is 4.51. The Bertz CT molecular complexity index is 565. The summed E-state index contributed by atoms with van der Waals surface area (Å²) < 4.78 is 9.46. The van der Waals surface area contributed by atoms with Gasteiger partial charge in [0.1, 0.15) is 12.2 Å². The van der Waals surface area contributed by atoms with E-state index >= 15 is 0 Å². The SMILES string of the molecule is OC1COCC(Nc2nc(-c3ccncc3)ns2)C1O. The van der Waals surface area contributed by atoms with Gasteiger partial charge in [0, 0.05) is 29.5 Å². The largest absolute Gasteiger partial charge is 0.388 e. The number of aliphatic hydroxyl groups is 2. The minimum atomic E-state index is -0.881. The third kappa shape index (κ3) is 2.78. The summed E-state index contributed by atoms with van der Waals surface area (Å²) >= 11 is 1.20. The molecule has 0 amide bonds. The van der Waals surface area contributed by atoms with Crippen LogP contribution >= 0.6 is 11.5 Å². The van der Waals surface area contributed by atoms with Crippen LogP contribution in [0.1, 0.15) is 0 Å². The molecule has 3 unspecified atom stereocenters. The van der Waals surface area contributed by atoms with Crippen molar-refractivity contribution in [3.8, 4) is 11.4 Å². The van der Waals surface area contributed by atoms with Crippen molar-refractivity contribution in [2.75, 3.05) is 18.5 Å². The molecule has 1 aliphatic rings. The van der Waals surface area contributed by atoms with Gasteiger partial charge in [0.05, 0.1) is 19.3 Å². The van der Waals surface area contributed by atoms with Crippen molar-refractivity contribution in [2.45, 2.75) is 18.2 Å². The standard InChI is InChI=1S/C12H14N4O3S/c17-9-6-19-5-8(10(9)18)14-12-15-11(16-20-12)7-1-3-13-4-2-7/h1-4,8-10,17-18H,5-6H2,(H,14,15,16). The molecule has 0 saturated carbocycles. The maximum absolute atomic E-state index is 9.88. The van der Waals surface area contributed by atoms with Gasteiger partial charge < -0.3 is 20.3 Å². The Balaban J connectivity index is 1.71. The number of hydrogen-bond acceptors (Lipinski definition) is 8. The second-order valence-corrected chi connectivity index (χ2v) is 5.26. The molecule has 0 aromatic carbocycles. The van der Waals surface area contributed by atoms with Gasteiger partial charge in [0.15, 0.2) is 5.82 Å². The van der Waals surface area contributed by atoms with Crippen LogP contribution in [0.3, 0.4) is 0 Å². The summed E-state index contributed by atoms with van der Waals surface area (Å²) in [5.74, 6) is 0.603. The fourth-order valence-electron chi connectivity index (χ4n) is 1.97. The van der Waals surface area contributed by atoms with Crippen molar-refractivity contribution in [1.29, 1.82) is 0 Å². The number of rotatable bonds is 3. The van der Waals surface area contributed by atoms with Crippen LogP contribution in [0.2, 0.25) is 0 Å². The molecule has 0 bridgehead atoms. The minimum absolute atomic E-state index is 0.151. The lowest BCUT2D eigenvalue weighted by molar-refractivity contribution is -0.0922. The van der Waals surface area contributed by atoms with E-state index in [0.717, 1.165) is 5.56 Å². The number of nitrogens with zero attached hydrogens (tertiary/aromatic N) is 3. The van der Waals surface area contributed by atoms with Crippen molar-refractivity contribution < 1.29 is 14.9 Å². The first-order valence-corrected chi connectivity index (χ1v) is 6.96. The molecule has 1 aliphatic heterocycles. The summed E-state index contributed by atoms with van der Waals surface area (Å²) in [6, 6.07) is 3.26. The molecule has 106 valence electrons. The van der Waals surface area contributed by atoms with E-state index in [1.165, 1.54) is 11.5 Å². The zero-order valence-electron chi connectivity index (χ0n) is 10.5. The van der Waals surface area contributed by atoms with E-state index in [1.54, 1.807) is 12.4 Å². The lowest BCUT2D eigenvalue weighted by Crippen LogP contribution is -2.51. The van der Waals surface area contributed by atoms with Gasteiger partial charge in [0.25, 0.3) is 0 Å². The van der Waals surface area contributed by atoms with Gasteiger partial charge in [0.2, 0.25) is 5.13 Å². The van der Waals surface area contributed by atoms with Crippen LogP contribution in [0.15, 0.2) is 24.5 Å². The number of pyridine rings is 1. The molecule has 3 heterocycles. The molecule has 1 fully saturated rings. The number of hydrogen-bond donors (Lipinski definition) is 3.